The molecule has 0 fully saturated rings. The minimum atomic E-state index is -0.249. The monoisotopic (exact) mass is 287 g/mol. The van der Waals surface area contributed by atoms with Crippen LogP contribution in [-0.2, 0) is 13.0 Å². The molecular weight excluding hydrogens is 266 g/mol. The van der Waals surface area contributed by atoms with Crippen molar-refractivity contribution in [3.63, 3.8) is 0 Å². The third-order valence-corrected chi connectivity index (χ3v) is 3.31. The minimum absolute atomic E-state index is 0.207. The summed E-state index contributed by atoms with van der Waals surface area (Å²) in [5, 5.41) is 13.6. The van der Waals surface area contributed by atoms with E-state index in [2.05, 4.69) is 27.8 Å². The molecule has 2 aromatic rings. The molecule has 0 spiro atoms. The molecule has 1 atom stereocenters. The lowest BCUT2D eigenvalue weighted by Gasteiger charge is -2.15. The van der Waals surface area contributed by atoms with E-state index in [4.69, 9.17) is 0 Å². The summed E-state index contributed by atoms with van der Waals surface area (Å²) in [6, 6.07) is 7.36. The smallest absolute Gasteiger partial charge is 0.319 e. The second kappa shape index (κ2) is 6.88. The van der Waals surface area contributed by atoms with Gasteiger partial charge in [-0.25, -0.2) is 4.79 Å². The largest absolute Gasteiger partial charge is 0.328 e. The highest BCUT2D eigenvalue weighted by atomic mass is 16.2. The van der Waals surface area contributed by atoms with E-state index >= 15 is 0 Å². The summed E-state index contributed by atoms with van der Waals surface area (Å²) in [5.41, 5.74) is 1.97. The van der Waals surface area contributed by atoms with Crippen molar-refractivity contribution in [1.82, 2.24) is 20.1 Å². The fourth-order valence-corrected chi connectivity index (χ4v) is 2.14. The predicted molar refractivity (Wildman–Crippen MR) is 82.1 cm³/mol. The Labute approximate surface area is 124 Å². The summed E-state index contributed by atoms with van der Waals surface area (Å²) < 4.78 is 1.91. The quantitative estimate of drug-likeness (QED) is 0.888. The average molecular weight is 287 g/mol. The highest BCUT2D eigenvalue weighted by Crippen LogP contribution is 2.12. The molecule has 1 heterocycles. The lowest BCUT2D eigenvalue weighted by molar-refractivity contribution is 0.248. The van der Waals surface area contributed by atoms with Gasteiger partial charge in [-0.1, -0.05) is 19.1 Å². The number of aryl methyl sites for hydroxylation is 2. The Bertz CT molecular complexity index is 608. The molecule has 1 aromatic heterocycles. The van der Waals surface area contributed by atoms with Crippen molar-refractivity contribution in [1.29, 1.82) is 0 Å². The first-order valence-corrected chi connectivity index (χ1v) is 7.18. The van der Waals surface area contributed by atoms with Gasteiger partial charge in [0.05, 0.1) is 6.04 Å². The number of amides is 2. The zero-order valence-electron chi connectivity index (χ0n) is 12.6. The van der Waals surface area contributed by atoms with Crippen molar-refractivity contribution in [2.75, 3.05) is 5.32 Å². The Hall–Kier alpha value is -2.37. The Balaban J connectivity index is 1.98. The highest BCUT2D eigenvalue weighted by Gasteiger charge is 2.15. The van der Waals surface area contributed by atoms with Gasteiger partial charge in [0, 0.05) is 12.2 Å². The van der Waals surface area contributed by atoms with Crippen molar-refractivity contribution in [3.05, 3.63) is 42.0 Å². The van der Waals surface area contributed by atoms with Crippen LogP contribution in [0.25, 0.3) is 0 Å². The molecule has 0 aliphatic carbocycles. The molecule has 6 nitrogen and oxygen atoms in total. The Kier molecular flexibility index (Phi) is 4.92. The number of carbonyl (C=O) groups is 1. The van der Waals surface area contributed by atoms with Gasteiger partial charge < -0.3 is 15.2 Å². The van der Waals surface area contributed by atoms with Gasteiger partial charge in [-0.15, -0.1) is 10.2 Å². The van der Waals surface area contributed by atoms with Crippen LogP contribution in [0.4, 0.5) is 10.5 Å². The number of nitrogens with zero attached hydrogens (tertiary/aromatic N) is 3. The van der Waals surface area contributed by atoms with Gasteiger partial charge in [0.25, 0.3) is 0 Å². The lowest BCUT2D eigenvalue weighted by atomic mass is 10.1. The van der Waals surface area contributed by atoms with E-state index in [1.165, 1.54) is 5.56 Å². The topological polar surface area (TPSA) is 71.8 Å². The van der Waals surface area contributed by atoms with Gasteiger partial charge in [-0.05, 0) is 38.0 Å². The highest BCUT2D eigenvalue weighted by molar-refractivity contribution is 5.89. The SMILES string of the molecule is CCc1cccc(NC(=O)N[C@@H](C)c2nncn2CC)c1. The molecule has 2 N–H and O–H groups in total. The summed E-state index contributed by atoms with van der Waals surface area (Å²) >= 11 is 0. The summed E-state index contributed by atoms with van der Waals surface area (Å²) in [5.74, 6) is 0.745. The number of nitrogens with one attached hydrogen (secondary N) is 2. The Morgan fingerprint density at radius 1 is 1.38 bits per heavy atom. The molecule has 112 valence electrons. The van der Waals surface area contributed by atoms with E-state index in [0.29, 0.717) is 0 Å². The lowest BCUT2D eigenvalue weighted by Crippen LogP contribution is -2.32. The number of aromatic nitrogens is 3. The molecule has 6 heteroatoms. The van der Waals surface area contributed by atoms with Gasteiger partial charge >= 0.3 is 6.03 Å². The van der Waals surface area contributed by atoms with E-state index in [9.17, 15) is 4.79 Å². The van der Waals surface area contributed by atoms with Gasteiger partial charge in [-0.2, -0.15) is 0 Å². The number of hydrogen-bond donors (Lipinski definition) is 2. The van der Waals surface area contributed by atoms with Crippen molar-refractivity contribution >= 4 is 11.7 Å². The number of anilines is 1. The molecule has 0 saturated heterocycles. The molecule has 2 rings (SSSR count). The van der Waals surface area contributed by atoms with E-state index in [0.717, 1.165) is 24.5 Å². The zero-order chi connectivity index (χ0) is 15.2. The standard InChI is InChI=1S/C15H21N5O/c1-4-12-7-6-8-13(9-12)18-15(21)17-11(3)14-19-16-10-20(14)5-2/h6-11H,4-5H2,1-3H3,(H2,17,18,21)/t11-/m0/s1. The van der Waals surface area contributed by atoms with Crippen LogP contribution in [0.15, 0.2) is 30.6 Å². The fourth-order valence-electron chi connectivity index (χ4n) is 2.14. The van der Waals surface area contributed by atoms with Crippen molar-refractivity contribution < 1.29 is 4.79 Å². The van der Waals surface area contributed by atoms with Crippen LogP contribution in [0.1, 0.15) is 38.2 Å². The molecule has 21 heavy (non-hydrogen) atoms. The minimum Gasteiger partial charge on any atom is -0.328 e. The molecule has 0 saturated carbocycles. The maximum absolute atomic E-state index is 12.0. The second-order valence-corrected chi connectivity index (χ2v) is 4.85. The number of urea groups is 1. The summed E-state index contributed by atoms with van der Waals surface area (Å²) in [7, 11) is 0. The Morgan fingerprint density at radius 2 is 2.19 bits per heavy atom. The molecule has 1 aromatic carbocycles. The van der Waals surface area contributed by atoms with Gasteiger partial charge in [-0.3, -0.25) is 0 Å². The van der Waals surface area contributed by atoms with E-state index in [1.807, 2.05) is 42.7 Å². The van der Waals surface area contributed by atoms with E-state index in [1.54, 1.807) is 6.33 Å². The fraction of sp³-hybridized carbons (Fsp3) is 0.400. The van der Waals surface area contributed by atoms with Crippen molar-refractivity contribution in [2.45, 2.75) is 39.8 Å². The maximum Gasteiger partial charge on any atom is 0.319 e. The van der Waals surface area contributed by atoms with E-state index < -0.39 is 0 Å². The summed E-state index contributed by atoms with van der Waals surface area (Å²) in [4.78, 5) is 12.0. The molecule has 0 aliphatic rings. The van der Waals surface area contributed by atoms with Crippen molar-refractivity contribution in [3.8, 4) is 0 Å². The third kappa shape index (κ3) is 3.81. The van der Waals surface area contributed by atoms with Crippen LogP contribution < -0.4 is 10.6 Å². The van der Waals surface area contributed by atoms with Crippen LogP contribution in [-0.4, -0.2) is 20.8 Å². The normalized spacial score (nSPS) is 12.0. The molecule has 0 bridgehead atoms. The Morgan fingerprint density at radius 3 is 2.90 bits per heavy atom. The number of benzene rings is 1. The van der Waals surface area contributed by atoms with Crippen LogP contribution in [0.2, 0.25) is 0 Å². The molecule has 0 unspecified atom stereocenters. The van der Waals surface area contributed by atoms with Gasteiger partial charge in [0.2, 0.25) is 0 Å². The molecule has 0 aliphatic heterocycles. The maximum atomic E-state index is 12.0. The first kappa shape index (κ1) is 15.0. The van der Waals surface area contributed by atoms with Crippen molar-refractivity contribution in [2.24, 2.45) is 0 Å². The van der Waals surface area contributed by atoms with Crippen LogP contribution >= 0.6 is 0 Å². The molecule has 2 amide bonds. The van der Waals surface area contributed by atoms with Crippen LogP contribution in [0.3, 0.4) is 0 Å². The summed E-state index contributed by atoms with van der Waals surface area (Å²) in [6.07, 6.45) is 2.60. The number of hydrogen-bond acceptors (Lipinski definition) is 3. The first-order chi connectivity index (χ1) is 10.1. The first-order valence-electron chi connectivity index (χ1n) is 7.18. The van der Waals surface area contributed by atoms with Crippen LogP contribution in [0, 0.1) is 0 Å². The number of rotatable bonds is 5. The number of carbonyl (C=O) groups excluding carboxylic acids is 1. The van der Waals surface area contributed by atoms with Gasteiger partial charge in [0.1, 0.15) is 6.33 Å². The average Bonchev–Trinajstić information content (AvgIpc) is 2.95. The second-order valence-electron chi connectivity index (χ2n) is 4.85. The molecular formula is C15H21N5O. The van der Waals surface area contributed by atoms with Gasteiger partial charge in [0.15, 0.2) is 5.82 Å². The predicted octanol–water partition coefficient (Wildman–Crippen LogP) is 2.74. The van der Waals surface area contributed by atoms with E-state index in [-0.39, 0.29) is 12.1 Å². The summed E-state index contributed by atoms with van der Waals surface area (Å²) in [6.45, 7) is 6.75. The van der Waals surface area contributed by atoms with Crippen LogP contribution in [0.5, 0.6) is 0 Å². The third-order valence-electron chi connectivity index (χ3n) is 3.31. The molecule has 0 radical (unpaired) electrons. The zero-order valence-corrected chi connectivity index (χ0v) is 12.6.